The molecule has 0 unspecified atom stereocenters. The van der Waals surface area contributed by atoms with E-state index in [9.17, 15) is 13.2 Å². The van der Waals surface area contributed by atoms with Gasteiger partial charge in [0.25, 0.3) is 5.91 Å². The fraction of sp³-hybridized carbons (Fsp3) is 0.556. The van der Waals surface area contributed by atoms with E-state index in [0.29, 0.717) is 36.3 Å². The van der Waals surface area contributed by atoms with Crippen molar-refractivity contribution < 1.29 is 22.7 Å². The number of ether oxygens (including phenoxy) is 2. The van der Waals surface area contributed by atoms with E-state index in [1.165, 1.54) is 11.8 Å². The molecule has 0 aliphatic carbocycles. The minimum Gasteiger partial charge on any atom is -0.486 e. The largest absolute Gasteiger partial charge is 0.486 e. The molecule has 3 atom stereocenters. The molecule has 27 heavy (non-hydrogen) atoms. The van der Waals surface area contributed by atoms with Crippen molar-refractivity contribution in [2.45, 2.75) is 31.6 Å². The fourth-order valence-electron chi connectivity index (χ4n) is 3.43. The highest BCUT2D eigenvalue weighted by atomic mass is 32.2. The molecule has 146 valence electrons. The topological polar surface area (TPSA) is 85.3 Å². The van der Waals surface area contributed by atoms with Crippen LogP contribution in [0.15, 0.2) is 23.2 Å². The summed E-state index contributed by atoms with van der Waals surface area (Å²) in [6, 6.07) is 5.29. The molecular weight excluding hydrogens is 388 g/mol. The maximum absolute atomic E-state index is 12.4. The molecule has 0 saturated carbocycles. The summed E-state index contributed by atoms with van der Waals surface area (Å²) < 4.78 is 35.5. The molecule has 0 aromatic heterocycles. The molecule has 4 rings (SSSR count). The zero-order valence-electron chi connectivity index (χ0n) is 15.3. The Labute approximate surface area is 163 Å². The number of amides is 1. The first-order valence-electron chi connectivity index (χ1n) is 9.06. The summed E-state index contributed by atoms with van der Waals surface area (Å²) in [5, 5.41) is 0.452. The van der Waals surface area contributed by atoms with Gasteiger partial charge in [-0.25, -0.2) is 8.42 Å². The molecule has 2 saturated heterocycles. The number of amidine groups is 1. The quantitative estimate of drug-likeness (QED) is 0.754. The Hall–Kier alpha value is -1.74. The van der Waals surface area contributed by atoms with Crippen molar-refractivity contribution in [1.29, 1.82) is 0 Å². The van der Waals surface area contributed by atoms with E-state index in [-0.39, 0.29) is 34.6 Å². The van der Waals surface area contributed by atoms with Crippen LogP contribution in [0.5, 0.6) is 11.5 Å². The average Bonchev–Trinajstić information content (AvgIpc) is 3.11. The highest BCUT2D eigenvalue weighted by Crippen LogP contribution is 2.43. The average molecular weight is 411 g/mol. The van der Waals surface area contributed by atoms with Gasteiger partial charge >= 0.3 is 0 Å². The maximum Gasteiger partial charge on any atom is 0.250 e. The number of rotatable bonds is 3. The number of carbonyl (C=O) groups excluding carboxylic acids is 1. The first-order chi connectivity index (χ1) is 12.9. The van der Waals surface area contributed by atoms with E-state index in [4.69, 9.17) is 9.47 Å². The minimum absolute atomic E-state index is 0.0651. The smallest absolute Gasteiger partial charge is 0.250 e. The van der Waals surface area contributed by atoms with Crippen LogP contribution in [-0.4, -0.2) is 55.5 Å². The second-order valence-electron chi connectivity index (χ2n) is 7.04. The third kappa shape index (κ3) is 3.54. The highest BCUT2D eigenvalue weighted by Gasteiger charge is 2.49. The Morgan fingerprint density at radius 1 is 1.30 bits per heavy atom. The number of sulfone groups is 1. The number of nitrogens with zero attached hydrogens (tertiary/aromatic N) is 2. The molecule has 2 fully saturated rings. The van der Waals surface area contributed by atoms with E-state index in [2.05, 4.69) is 4.99 Å². The Bertz CT molecular complexity index is 899. The van der Waals surface area contributed by atoms with Crippen molar-refractivity contribution in [3.8, 4) is 11.5 Å². The minimum atomic E-state index is -3.10. The van der Waals surface area contributed by atoms with Gasteiger partial charge in [-0.15, -0.1) is 0 Å². The van der Waals surface area contributed by atoms with Crippen LogP contribution in [0, 0.1) is 5.92 Å². The third-order valence-electron chi connectivity index (χ3n) is 5.11. The molecule has 3 aliphatic heterocycles. The van der Waals surface area contributed by atoms with Gasteiger partial charge in [-0.05, 0) is 18.6 Å². The van der Waals surface area contributed by atoms with Gasteiger partial charge in [0.15, 0.2) is 26.5 Å². The molecule has 1 aromatic carbocycles. The van der Waals surface area contributed by atoms with E-state index in [1.54, 1.807) is 0 Å². The molecule has 0 spiro atoms. The van der Waals surface area contributed by atoms with Crippen LogP contribution < -0.4 is 14.4 Å². The SMILES string of the molecule is CC[C@@H](C)C(=O)N=C1S[C@H]2CS(=O)(=O)C[C@H]2N1c1ccc2c(c1)OCCO2. The summed E-state index contributed by atoms with van der Waals surface area (Å²) >= 11 is 1.38. The van der Waals surface area contributed by atoms with Gasteiger partial charge in [0.05, 0.1) is 17.5 Å². The molecule has 3 heterocycles. The first-order valence-corrected chi connectivity index (χ1v) is 11.8. The number of aliphatic imine (C=N–C) groups is 1. The summed E-state index contributed by atoms with van der Waals surface area (Å²) in [7, 11) is -3.10. The summed E-state index contributed by atoms with van der Waals surface area (Å²) in [5.41, 5.74) is 0.770. The van der Waals surface area contributed by atoms with Crippen molar-refractivity contribution in [3.05, 3.63) is 18.2 Å². The molecule has 1 aromatic rings. The van der Waals surface area contributed by atoms with Crippen LogP contribution in [-0.2, 0) is 14.6 Å². The van der Waals surface area contributed by atoms with Crippen LogP contribution in [0.3, 0.4) is 0 Å². The van der Waals surface area contributed by atoms with Crippen molar-refractivity contribution in [1.82, 2.24) is 0 Å². The van der Waals surface area contributed by atoms with Gasteiger partial charge in [-0.3, -0.25) is 4.79 Å². The summed E-state index contributed by atoms with van der Waals surface area (Å²) in [5.74, 6) is 1.13. The van der Waals surface area contributed by atoms with Gasteiger partial charge in [-0.2, -0.15) is 4.99 Å². The lowest BCUT2D eigenvalue weighted by Gasteiger charge is -2.26. The maximum atomic E-state index is 12.4. The van der Waals surface area contributed by atoms with Crippen LogP contribution in [0.4, 0.5) is 5.69 Å². The lowest BCUT2D eigenvalue weighted by atomic mass is 10.1. The van der Waals surface area contributed by atoms with Crippen molar-refractivity contribution in [2.24, 2.45) is 10.9 Å². The Kier molecular flexibility index (Phi) is 4.84. The molecule has 3 aliphatic rings. The Balaban J connectivity index is 1.72. The predicted octanol–water partition coefficient (Wildman–Crippen LogP) is 2.11. The number of fused-ring (bicyclic) bond motifs is 2. The molecular formula is C18H22N2O5S2. The Morgan fingerprint density at radius 2 is 2.04 bits per heavy atom. The zero-order valence-corrected chi connectivity index (χ0v) is 16.9. The van der Waals surface area contributed by atoms with Crippen LogP contribution in [0.25, 0.3) is 0 Å². The zero-order chi connectivity index (χ0) is 19.2. The standard InChI is InChI=1S/C18H22N2O5S2/c1-3-11(2)17(21)19-18-20(13-9-27(22,23)10-16(13)26-18)12-4-5-14-15(8-12)25-7-6-24-14/h4-5,8,11,13,16H,3,6-7,9-10H2,1-2H3/t11-,13-,16+/m1/s1. The molecule has 7 nitrogen and oxygen atoms in total. The van der Waals surface area contributed by atoms with Crippen LogP contribution in [0.1, 0.15) is 20.3 Å². The van der Waals surface area contributed by atoms with Crippen molar-refractivity contribution in [2.75, 3.05) is 29.6 Å². The number of thioether (sulfide) groups is 1. The van der Waals surface area contributed by atoms with Crippen molar-refractivity contribution >= 4 is 38.4 Å². The van der Waals surface area contributed by atoms with Gasteiger partial charge in [0.1, 0.15) is 13.2 Å². The van der Waals surface area contributed by atoms with E-state index in [1.807, 2.05) is 36.9 Å². The highest BCUT2D eigenvalue weighted by molar-refractivity contribution is 8.16. The molecule has 0 bridgehead atoms. The summed E-state index contributed by atoms with van der Waals surface area (Å²) in [4.78, 5) is 18.6. The van der Waals surface area contributed by atoms with Gasteiger partial charge in [-0.1, -0.05) is 25.6 Å². The fourth-order valence-corrected chi connectivity index (χ4v) is 7.35. The normalized spacial score (nSPS) is 28.2. The van der Waals surface area contributed by atoms with E-state index < -0.39 is 9.84 Å². The molecule has 0 radical (unpaired) electrons. The van der Waals surface area contributed by atoms with Crippen LogP contribution >= 0.6 is 11.8 Å². The number of benzene rings is 1. The number of carbonyl (C=O) groups is 1. The third-order valence-corrected chi connectivity index (χ3v) is 8.32. The molecule has 0 N–H and O–H groups in total. The number of hydrogen-bond donors (Lipinski definition) is 0. The second kappa shape index (κ2) is 7.01. The monoisotopic (exact) mass is 410 g/mol. The van der Waals surface area contributed by atoms with E-state index >= 15 is 0 Å². The summed E-state index contributed by atoms with van der Waals surface area (Å²) in [6.45, 7) is 4.78. The van der Waals surface area contributed by atoms with E-state index in [0.717, 1.165) is 5.69 Å². The second-order valence-corrected chi connectivity index (χ2v) is 10.4. The van der Waals surface area contributed by atoms with Crippen molar-refractivity contribution in [3.63, 3.8) is 0 Å². The molecule has 9 heteroatoms. The Morgan fingerprint density at radius 3 is 2.78 bits per heavy atom. The molecule has 1 amide bonds. The van der Waals surface area contributed by atoms with Gasteiger partial charge in [0.2, 0.25) is 0 Å². The van der Waals surface area contributed by atoms with Gasteiger partial charge < -0.3 is 14.4 Å². The summed E-state index contributed by atoms with van der Waals surface area (Å²) in [6.07, 6.45) is 0.714. The lowest BCUT2D eigenvalue weighted by Crippen LogP contribution is -2.38. The number of anilines is 1. The lowest BCUT2D eigenvalue weighted by molar-refractivity contribution is -0.121. The number of hydrogen-bond acceptors (Lipinski definition) is 6. The predicted molar refractivity (Wildman–Crippen MR) is 106 cm³/mol. The van der Waals surface area contributed by atoms with Crippen LogP contribution in [0.2, 0.25) is 0 Å². The van der Waals surface area contributed by atoms with Gasteiger partial charge in [0, 0.05) is 22.9 Å². The first kappa shape index (κ1) is 18.6.